The standard InChI is InChI=1S/C27H29N7O6/c35-16-22-21-15-19(5-6-20(21)24(36)40-22)29-27(37)28-18-3-1-17(2-4-18)23-30-25(33-7-11-38-12-8-33)32-26(31-23)34-9-13-39-14-10-34/h1-6,15,22,35H,7-14,16H2,(H2,28,29,37). The SMILES string of the molecule is O=C(Nc1ccc(-c2nc(N3CCOCC3)nc(N3CCOCC3)n2)cc1)Nc1ccc2c(c1)C(CO)OC2=O. The normalized spacial score (nSPS) is 18.7. The van der Waals surface area contributed by atoms with Crippen molar-refractivity contribution in [2.24, 2.45) is 0 Å². The Balaban J connectivity index is 1.17. The average molecular weight is 548 g/mol. The summed E-state index contributed by atoms with van der Waals surface area (Å²) in [4.78, 5) is 43.0. The summed E-state index contributed by atoms with van der Waals surface area (Å²) in [6.45, 7) is 4.98. The third-order valence-electron chi connectivity index (χ3n) is 6.89. The molecule has 6 rings (SSSR count). The van der Waals surface area contributed by atoms with Gasteiger partial charge in [0.1, 0.15) is 0 Å². The third kappa shape index (κ3) is 5.52. The van der Waals surface area contributed by atoms with Crippen LogP contribution in [0.5, 0.6) is 0 Å². The van der Waals surface area contributed by atoms with Gasteiger partial charge in [-0.2, -0.15) is 15.0 Å². The fourth-order valence-corrected chi connectivity index (χ4v) is 4.77. The number of benzene rings is 2. The molecule has 0 bridgehead atoms. The number of amides is 2. The van der Waals surface area contributed by atoms with Gasteiger partial charge < -0.3 is 39.8 Å². The molecule has 2 aromatic carbocycles. The molecule has 2 fully saturated rings. The lowest BCUT2D eigenvalue weighted by atomic mass is 10.0. The molecule has 40 heavy (non-hydrogen) atoms. The van der Waals surface area contributed by atoms with E-state index in [1.54, 1.807) is 30.3 Å². The molecule has 0 spiro atoms. The fourth-order valence-electron chi connectivity index (χ4n) is 4.77. The number of hydrogen-bond donors (Lipinski definition) is 3. The summed E-state index contributed by atoms with van der Waals surface area (Å²) in [5.41, 5.74) is 2.76. The first-order valence-corrected chi connectivity index (χ1v) is 13.1. The van der Waals surface area contributed by atoms with E-state index in [1.165, 1.54) is 0 Å². The summed E-state index contributed by atoms with van der Waals surface area (Å²) in [5, 5.41) is 15.0. The van der Waals surface area contributed by atoms with Crippen LogP contribution < -0.4 is 20.4 Å². The third-order valence-corrected chi connectivity index (χ3v) is 6.89. The number of nitrogens with zero attached hydrogens (tertiary/aromatic N) is 5. The predicted molar refractivity (Wildman–Crippen MR) is 146 cm³/mol. The van der Waals surface area contributed by atoms with E-state index in [1.807, 2.05) is 12.1 Å². The number of morpholine rings is 2. The second-order valence-corrected chi connectivity index (χ2v) is 9.49. The van der Waals surface area contributed by atoms with Crippen LogP contribution in [-0.4, -0.2) is 91.3 Å². The van der Waals surface area contributed by atoms with E-state index >= 15 is 0 Å². The highest BCUT2D eigenvalue weighted by Gasteiger charge is 2.30. The molecule has 0 aliphatic carbocycles. The average Bonchev–Trinajstić information content (AvgIpc) is 3.32. The molecule has 3 aliphatic heterocycles. The molecule has 0 saturated carbocycles. The van der Waals surface area contributed by atoms with Crippen LogP contribution in [0.4, 0.5) is 28.1 Å². The van der Waals surface area contributed by atoms with Gasteiger partial charge in [0, 0.05) is 48.7 Å². The molecule has 3 aromatic rings. The molecular formula is C27H29N7O6. The summed E-state index contributed by atoms with van der Waals surface area (Å²) in [7, 11) is 0. The lowest BCUT2D eigenvalue weighted by Crippen LogP contribution is -2.40. The number of cyclic esters (lactones) is 1. The Hall–Kier alpha value is -4.33. The minimum atomic E-state index is -0.734. The van der Waals surface area contributed by atoms with Gasteiger partial charge in [-0.15, -0.1) is 0 Å². The number of nitrogens with one attached hydrogen (secondary N) is 2. The molecule has 1 aromatic heterocycles. The number of fused-ring (bicyclic) bond motifs is 1. The maximum atomic E-state index is 12.7. The first-order valence-electron chi connectivity index (χ1n) is 13.1. The number of rotatable bonds is 6. The van der Waals surface area contributed by atoms with Crippen LogP contribution >= 0.6 is 0 Å². The summed E-state index contributed by atoms with van der Waals surface area (Å²) in [6, 6.07) is 11.6. The minimum Gasteiger partial charge on any atom is -0.451 e. The lowest BCUT2D eigenvalue weighted by Gasteiger charge is -2.30. The topological polar surface area (TPSA) is 151 Å². The Morgan fingerprint density at radius 2 is 1.43 bits per heavy atom. The second-order valence-electron chi connectivity index (χ2n) is 9.49. The molecule has 13 heteroatoms. The largest absolute Gasteiger partial charge is 0.451 e. The Labute approximate surface area is 230 Å². The first-order chi connectivity index (χ1) is 19.6. The Morgan fingerprint density at radius 1 is 0.850 bits per heavy atom. The van der Waals surface area contributed by atoms with E-state index in [4.69, 9.17) is 29.2 Å². The Kier molecular flexibility index (Phi) is 7.40. The van der Waals surface area contributed by atoms with Gasteiger partial charge in [0.2, 0.25) is 11.9 Å². The van der Waals surface area contributed by atoms with E-state index in [2.05, 4.69) is 20.4 Å². The van der Waals surface area contributed by atoms with Crippen molar-refractivity contribution in [2.75, 3.05) is 79.6 Å². The number of aliphatic hydroxyl groups is 1. The summed E-state index contributed by atoms with van der Waals surface area (Å²) < 4.78 is 16.1. The van der Waals surface area contributed by atoms with Crippen LogP contribution in [0.3, 0.4) is 0 Å². The van der Waals surface area contributed by atoms with Crippen molar-refractivity contribution in [1.82, 2.24) is 15.0 Å². The molecule has 2 amide bonds. The number of anilines is 4. The highest BCUT2D eigenvalue weighted by Crippen LogP contribution is 2.32. The fraction of sp³-hybridized carbons (Fsp3) is 0.370. The number of aliphatic hydroxyl groups excluding tert-OH is 1. The van der Waals surface area contributed by atoms with Gasteiger partial charge in [0.15, 0.2) is 11.9 Å². The summed E-state index contributed by atoms with van der Waals surface area (Å²) in [6.07, 6.45) is -0.734. The molecule has 0 radical (unpaired) electrons. The molecule has 13 nitrogen and oxygen atoms in total. The van der Waals surface area contributed by atoms with E-state index in [9.17, 15) is 14.7 Å². The highest BCUT2D eigenvalue weighted by molar-refractivity contribution is 6.01. The molecule has 208 valence electrons. The molecule has 3 N–H and O–H groups in total. The highest BCUT2D eigenvalue weighted by atomic mass is 16.6. The predicted octanol–water partition coefficient (Wildman–Crippen LogP) is 2.06. The smallest absolute Gasteiger partial charge is 0.339 e. The molecule has 1 unspecified atom stereocenters. The molecule has 4 heterocycles. The van der Waals surface area contributed by atoms with Crippen LogP contribution in [0, 0.1) is 0 Å². The van der Waals surface area contributed by atoms with Crippen LogP contribution in [0.1, 0.15) is 22.0 Å². The quantitative estimate of drug-likeness (QED) is 0.389. The van der Waals surface area contributed by atoms with E-state index in [0.717, 1.165) is 5.56 Å². The van der Waals surface area contributed by atoms with Crippen LogP contribution in [-0.2, 0) is 14.2 Å². The van der Waals surface area contributed by atoms with E-state index in [-0.39, 0.29) is 6.61 Å². The van der Waals surface area contributed by atoms with Gasteiger partial charge in [-0.25, -0.2) is 9.59 Å². The number of urea groups is 1. The van der Waals surface area contributed by atoms with Crippen molar-refractivity contribution in [3.05, 3.63) is 53.6 Å². The number of esters is 1. The van der Waals surface area contributed by atoms with Crippen molar-refractivity contribution in [1.29, 1.82) is 0 Å². The molecule has 2 saturated heterocycles. The zero-order valence-corrected chi connectivity index (χ0v) is 21.7. The summed E-state index contributed by atoms with van der Waals surface area (Å²) in [5.74, 6) is 1.28. The number of aromatic nitrogens is 3. The van der Waals surface area contributed by atoms with Gasteiger partial charge in [0.25, 0.3) is 0 Å². The van der Waals surface area contributed by atoms with Crippen LogP contribution in [0.15, 0.2) is 42.5 Å². The van der Waals surface area contributed by atoms with Gasteiger partial charge in [-0.3, -0.25) is 0 Å². The molecule has 1 atom stereocenters. The van der Waals surface area contributed by atoms with Crippen molar-refractivity contribution >= 4 is 35.3 Å². The van der Waals surface area contributed by atoms with Crippen molar-refractivity contribution in [2.45, 2.75) is 6.10 Å². The zero-order valence-electron chi connectivity index (χ0n) is 21.7. The maximum Gasteiger partial charge on any atom is 0.339 e. The number of ether oxygens (including phenoxy) is 3. The maximum absolute atomic E-state index is 12.7. The van der Waals surface area contributed by atoms with Crippen molar-refractivity contribution < 1.29 is 28.9 Å². The second kappa shape index (κ2) is 11.4. The Morgan fingerprint density at radius 3 is 2.02 bits per heavy atom. The summed E-state index contributed by atoms with van der Waals surface area (Å²) >= 11 is 0. The van der Waals surface area contributed by atoms with Gasteiger partial charge in [0.05, 0.1) is 38.6 Å². The monoisotopic (exact) mass is 547 g/mol. The first kappa shape index (κ1) is 25.9. The van der Waals surface area contributed by atoms with E-state index < -0.39 is 18.1 Å². The minimum absolute atomic E-state index is 0.330. The number of hydrogen-bond acceptors (Lipinski definition) is 11. The van der Waals surface area contributed by atoms with Gasteiger partial charge in [-0.05, 0) is 42.5 Å². The van der Waals surface area contributed by atoms with Gasteiger partial charge >= 0.3 is 12.0 Å². The zero-order chi connectivity index (χ0) is 27.5. The Bertz CT molecular complexity index is 1350. The van der Waals surface area contributed by atoms with Crippen LogP contribution in [0.2, 0.25) is 0 Å². The van der Waals surface area contributed by atoms with Crippen LogP contribution in [0.25, 0.3) is 11.4 Å². The van der Waals surface area contributed by atoms with E-state index in [0.29, 0.717) is 92.8 Å². The number of carbonyl (C=O) groups is 2. The van der Waals surface area contributed by atoms with Crippen molar-refractivity contribution in [3.8, 4) is 11.4 Å². The van der Waals surface area contributed by atoms with Crippen molar-refractivity contribution in [3.63, 3.8) is 0 Å². The molecular weight excluding hydrogens is 518 g/mol. The number of carbonyl (C=O) groups excluding carboxylic acids is 2. The lowest BCUT2D eigenvalue weighted by molar-refractivity contribution is 0.0235. The van der Waals surface area contributed by atoms with Gasteiger partial charge in [-0.1, -0.05) is 0 Å². The molecule has 3 aliphatic rings.